The first kappa shape index (κ1) is 15.1. The molecule has 0 aliphatic carbocycles. The summed E-state index contributed by atoms with van der Waals surface area (Å²) in [6, 6.07) is 2.92. The van der Waals surface area contributed by atoms with Gasteiger partial charge in [0.25, 0.3) is 9.05 Å². The Morgan fingerprint density at radius 2 is 2.00 bits per heavy atom. The van der Waals surface area contributed by atoms with Crippen molar-refractivity contribution in [2.45, 2.75) is 18.7 Å². The highest BCUT2D eigenvalue weighted by atomic mass is 79.9. The van der Waals surface area contributed by atoms with Crippen LogP contribution in [0.4, 0.5) is 0 Å². The molecule has 3 nitrogen and oxygen atoms in total. The largest absolute Gasteiger partial charge is 0.490 e. The van der Waals surface area contributed by atoms with E-state index in [1.54, 1.807) is 6.07 Å². The van der Waals surface area contributed by atoms with Crippen LogP contribution in [0, 0.1) is 5.92 Å². The van der Waals surface area contributed by atoms with Gasteiger partial charge in [0.05, 0.1) is 11.6 Å². The molecule has 1 rings (SSSR count). The minimum atomic E-state index is -3.89. The monoisotopic (exact) mass is 360 g/mol. The zero-order valence-electron chi connectivity index (χ0n) is 9.21. The van der Waals surface area contributed by atoms with Crippen LogP contribution >= 0.6 is 38.2 Å². The van der Waals surface area contributed by atoms with E-state index in [1.165, 1.54) is 6.07 Å². The van der Waals surface area contributed by atoms with E-state index in [2.05, 4.69) is 15.9 Å². The van der Waals surface area contributed by atoms with Gasteiger partial charge in [-0.05, 0) is 18.1 Å². The Hall–Kier alpha value is 0.0300. The standard InChI is InChI=1S/C10H11BrCl2O3S/c1-6(2)5-16-10-8(12)3-7(11)4-9(10)17(13,14)15/h3-4,6H,5H2,1-2H3. The topological polar surface area (TPSA) is 43.4 Å². The van der Waals surface area contributed by atoms with Crippen LogP contribution < -0.4 is 4.74 Å². The van der Waals surface area contributed by atoms with Crippen molar-refractivity contribution in [3.05, 3.63) is 21.6 Å². The van der Waals surface area contributed by atoms with Gasteiger partial charge in [-0.25, -0.2) is 8.42 Å². The zero-order valence-corrected chi connectivity index (χ0v) is 13.1. The molecule has 0 spiro atoms. The van der Waals surface area contributed by atoms with E-state index >= 15 is 0 Å². The maximum atomic E-state index is 11.4. The SMILES string of the molecule is CC(C)COc1c(Cl)cc(Br)cc1S(=O)(=O)Cl. The normalized spacial score (nSPS) is 11.9. The third-order valence-electron chi connectivity index (χ3n) is 1.80. The van der Waals surface area contributed by atoms with Gasteiger partial charge in [-0.2, -0.15) is 0 Å². The molecule has 0 bridgehead atoms. The molecule has 0 radical (unpaired) electrons. The van der Waals surface area contributed by atoms with Crippen LogP contribution in [0.15, 0.2) is 21.5 Å². The average molecular weight is 362 g/mol. The second kappa shape index (κ2) is 5.78. The molecule has 17 heavy (non-hydrogen) atoms. The fourth-order valence-corrected chi connectivity index (χ4v) is 3.18. The molecule has 96 valence electrons. The summed E-state index contributed by atoms with van der Waals surface area (Å²) in [5.74, 6) is 0.346. The lowest BCUT2D eigenvalue weighted by molar-refractivity contribution is 0.265. The lowest BCUT2D eigenvalue weighted by atomic mass is 10.2. The van der Waals surface area contributed by atoms with Crippen LogP contribution in [-0.2, 0) is 9.05 Å². The van der Waals surface area contributed by atoms with Gasteiger partial charge < -0.3 is 4.74 Å². The van der Waals surface area contributed by atoms with Crippen LogP contribution in [0.3, 0.4) is 0 Å². The van der Waals surface area contributed by atoms with Crippen LogP contribution in [0.2, 0.25) is 5.02 Å². The maximum Gasteiger partial charge on any atom is 0.265 e. The first-order valence-electron chi connectivity index (χ1n) is 4.78. The molecule has 0 saturated heterocycles. The Kier molecular flexibility index (Phi) is 5.13. The summed E-state index contributed by atoms with van der Waals surface area (Å²) in [7, 11) is 1.44. The van der Waals surface area contributed by atoms with Crippen molar-refractivity contribution in [2.75, 3.05) is 6.61 Å². The van der Waals surface area contributed by atoms with Crippen molar-refractivity contribution in [1.82, 2.24) is 0 Å². The fraction of sp³-hybridized carbons (Fsp3) is 0.400. The van der Waals surface area contributed by atoms with Gasteiger partial charge in [-0.15, -0.1) is 0 Å². The van der Waals surface area contributed by atoms with Gasteiger partial charge in [0.2, 0.25) is 0 Å². The Labute approximate surface area is 119 Å². The van der Waals surface area contributed by atoms with Crippen LogP contribution in [0.5, 0.6) is 5.75 Å². The lowest BCUT2D eigenvalue weighted by Gasteiger charge is -2.13. The summed E-state index contributed by atoms with van der Waals surface area (Å²) in [6.07, 6.45) is 0. The molecule has 1 aromatic carbocycles. The summed E-state index contributed by atoms with van der Waals surface area (Å²) < 4.78 is 28.7. The molecule has 0 aromatic heterocycles. The molecule has 0 aliphatic heterocycles. The van der Waals surface area contributed by atoms with E-state index in [0.717, 1.165) is 0 Å². The van der Waals surface area contributed by atoms with Gasteiger partial charge in [0.1, 0.15) is 4.90 Å². The Morgan fingerprint density at radius 3 is 2.47 bits per heavy atom. The molecule has 0 atom stereocenters. The number of benzene rings is 1. The predicted molar refractivity (Wildman–Crippen MR) is 72.5 cm³/mol. The molecule has 0 saturated carbocycles. The summed E-state index contributed by atoms with van der Waals surface area (Å²) in [5.41, 5.74) is 0. The van der Waals surface area contributed by atoms with Crippen molar-refractivity contribution in [3.8, 4) is 5.75 Å². The third-order valence-corrected chi connectivity index (χ3v) is 3.86. The molecule has 0 unspecified atom stereocenters. The van der Waals surface area contributed by atoms with Gasteiger partial charge >= 0.3 is 0 Å². The van der Waals surface area contributed by atoms with Crippen molar-refractivity contribution >= 4 is 47.3 Å². The summed E-state index contributed by atoms with van der Waals surface area (Å²) >= 11 is 9.10. The van der Waals surface area contributed by atoms with Gasteiger partial charge in [-0.1, -0.05) is 41.4 Å². The molecule has 0 heterocycles. The van der Waals surface area contributed by atoms with Crippen molar-refractivity contribution < 1.29 is 13.2 Å². The molecule has 7 heteroatoms. The van der Waals surface area contributed by atoms with E-state index in [4.69, 9.17) is 27.0 Å². The first-order chi connectivity index (χ1) is 7.71. The molecule has 0 N–H and O–H groups in total. The smallest absolute Gasteiger partial charge is 0.265 e. The zero-order chi connectivity index (χ0) is 13.2. The predicted octanol–water partition coefficient (Wildman–Crippen LogP) is 4.06. The first-order valence-corrected chi connectivity index (χ1v) is 8.26. The molecular weight excluding hydrogens is 351 g/mol. The van der Waals surface area contributed by atoms with Crippen LogP contribution in [0.1, 0.15) is 13.8 Å². The van der Waals surface area contributed by atoms with Crippen molar-refractivity contribution in [3.63, 3.8) is 0 Å². The Bertz CT molecular complexity index is 515. The van der Waals surface area contributed by atoms with E-state index in [9.17, 15) is 8.42 Å². The summed E-state index contributed by atoms with van der Waals surface area (Å²) in [5, 5.41) is 0.208. The van der Waals surface area contributed by atoms with Gasteiger partial charge in [-0.3, -0.25) is 0 Å². The highest BCUT2D eigenvalue weighted by molar-refractivity contribution is 9.10. The molecular formula is C10H11BrCl2O3S. The second-order valence-electron chi connectivity index (χ2n) is 3.86. The quantitative estimate of drug-likeness (QED) is 0.759. The van der Waals surface area contributed by atoms with Crippen molar-refractivity contribution in [2.24, 2.45) is 5.92 Å². The number of hydrogen-bond donors (Lipinski definition) is 0. The Balaban J connectivity index is 3.26. The lowest BCUT2D eigenvalue weighted by Crippen LogP contribution is -2.07. The highest BCUT2D eigenvalue weighted by Crippen LogP contribution is 2.37. The fourth-order valence-electron chi connectivity index (χ4n) is 1.11. The molecule has 0 amide bonds. The average Bonchev–Trinajstić information content (AvgIpc) is 2.13. The van der Waals surface area contributed by atoms with E-state index in [-0.39, 0.29) is 21.6 Å². The van der Waals surface area contributed by atoms with Gasteiger partial charge in [0, 0.05) is 15.2 Å². The second-order valence-corrected chi connectivity index (χ2v) is 7.71. The summed E-state index contributed by atoms with van der Waals surface area (Å²) in [6.45, 7) is 4.25. The van der Waals surface area contributed by atoms with E-state index in [1.807, 2.05) is 13.8 Å². The number of halogens is 3. The minimum Gasteiger partial charge on any atom is -0.490 e. The van der Waals surface area contributed by atoms with E-state index in [0.29, 0.717) is 11.1 Å². The van der Waals surface area contributed by atoms with Crippen LogP contribution in [-0.4, -0.2) is 15.0 Å². The number of ether oxygens (including phenoxy) is 1. The Morgan fingerprint density at radius 1 is 1.41 bits per heavy atom. The maximum absolute atomic E-state index is 11.4. The molecule has 1 aromatic rings. The third kappa shape index (κ3) is 4.32. The van der Waals surface area contributed by atoms with Crippen LogP contribution in [0.25, 0.3) is 0 Å². The minimum absolute atomic E-state index is 0.0959. The van der Waals surface area contributed by atoms with Gasteiger partial charge in [0.15, 0.2) is 5.75 Å². The van der Waals surface area contributed by atoms with Crippen molar-refractivity contribution in [1.29, 1.82) is 0 Å². The summed E-state index contributed by atoms with van der Waals surface area (Å²) in [4.78, 5) is -0.126. The molecule has 0 fully saturated rings. The number of rotatable bonds is 4. The number of hydrogen-bond acceptors (Lipinski definition) is 3. The highest BCUT2D eigenvalue weighted by Gasteiger charge is 2.21. The van der Waals surface area contributed by atoms with E-state index < -0.39 is 9.05 Å². The molecule has 0 aliphatic rings.